The first-order chi connectivity index (χ1) is 9.34. The summed E-state index contributed by atoms with van der Waals surface area (Å²) in [5.74, 6) is -1.44. The summed E-state index contributed by atoms with van der Waals surface area (Å²) in [6.45, 7) is 2.02. The van der Waals surface area contributed by atoms with Crippen LogP contribution >= 0.6 is 0 Å². The molecular weight excluding hydrogens is 279 g/mol. The number of halogens is 3. The van der Waals surface area contributed by atoms with Crippen LogP contribution in [0.2, 0.25) is 0 Å². The highest BCUT2D eigenvalue weighted by Gasteiger charge is 2.41. The van der Waals surface area contributed by atoms with Gasteiger partial charge in [0.15, 0.2) is 5.69 Å². The van der Waals surface area contributed by atoms with E-state index in [1.54, 1.807) is 17.7 Å². The van der Waals surface area contributed by atoms with Crippen molar-refractivity contribution >= 4 is 5.97 Å². The summed E-state index contributed by atoms with van der Waals surface area (Å²) in [6.07, 6.45) is -1.81. The van der Waals surface area contributed by atoms with Crippen molar-refractivity contribution in [3.63, 3.8) is 0 Å². The van der Waals surface area contributed by atoms with Crippen molar-refractivity contribution in [2.75, 3.05) is 0 Å². The fraction of sp³-hybridized carbons (Fsp3) is 0.400. The van der Waals surface area contributed by atoms with Crippen molar-refractivity contribution in [1.29, 1.82) is 0 Å². The number of imidazole rings is 1. The molecule has 0 atom stereocenters. The zero-order valence-corrected chi connectivity index (χ0v) is 10.3. The van der Waals surface area contributed by atoms with E-state index in [1.165, 1.54) is 6.20 Å². The number of aromatic carboxylic acids is 1. The van der Waals surface area contributed by atoms with E-state index in [4.69, 9.17) is 5.11 Å². The van der Waals surface area contributed by atoms with Crippen molar-refractivity contribution < 1.29 is 23.1 Å². The first-order valence-corrected chi connectivity index (χ1v) is 5.58. The average molecular weight is 289 g/mol. The molecule has 2 aromatic heterocycles. The molecule has 0 fully saturated rings. The third-order valence-corrected chi connectivity index (χ3v) is 2.64. The highest BCUT2D eigenvalue weighted by atomic mass is 19.4. The maximum atomic E-state index is 12.9. The molecule has 20 heavy (non-hydrogen) atoms. The lowest BCUT2D eigenvalue weighted by Crippen LogP contribution is -2.20. The molecule has 7 nitrogen and oxygen atoms in total. The van der Waals surface area contributed by atoms with Crippen molar-refractivity contribution in [3.05, 3.63) is 29.6 Å². The fourth-order valence-corrected chi connectivity index (χ4v) is 1.76. The van der Waals surface area contributed by atoms with Crippen molar-refractivity contribution in [2.24, 2.45) is 0 Å². The number of hydrogen-bond acceptors (Lipinski definition) is 4. The smallest absolute Gasteiger partial charge is 0.435 e. The van der Waals surface area contributed by atoms with E-state index in [0.717, 1.165) is 0 Å². The largest absolute Gasteiger partial charge is 0.476 e. The van der Waals surface area contributed by atoms with Gasteiger partial charge < -0.3 is 9.67 Å². The Kier molecular flexibility index (Phi) is 3.47. The highest BCUT2D eigenvalue weighted by molar-refractivity contribution is 5.86. The molecule has 2 heterocycles. The summed E-state index contributed by atoms with van der Waals surface area (Å²) in [6, 6.07) is 0. The summed E-state index contributed by atoms with van der Waals surface area (Å²) < 4.78 is 40.9. The summed E-state index contributed by atoms with van der Waals surface area (Å²) in [7, 11) is 0. The lowest BCUT2D eigenvalue weighted by molar-refractivity contribution is -0.144. The van der Waals surface area contributed by atoms with Crippen LogP contribution in [-0.2, 0) is 19.3 Å². The van der Waals surface area contributed by atoms with E-state index in [9.17, 15) is 18.0 Å². The number of carbonyl (C=O) groups is 1. The van der Waals surface area contributed by atoms with Gasteiger partial charge in [0.2, 0.25) is 5.69 Å². The van der Waals surface area contributed by atoms with Crippen LogP contribution in [0, 0.1) is 0 Å². The minimum atomic E-state index is -4.86. The number of carboxylic acids is 1. The monoisotopic (exact) mass is 289 g/mol. The van der Waals surface area contributed by atoms with Crippen molar-refractivity contribution in [2.45, 2.75) is 26.2 Å². The Morgan fingerprint density at radius 2 is 2.15 bits per heavy atom. The van der Waals surface area contributed by atoms with Crippen molar-refractivity contribution in [1.82, 2.24) is 24.5 Å². The minimum absolute atomic E-state index is 0.310. The Bertz CT molecular complexity index is 631. The van der Waals surface area contributed by atoms with Gasteiger partial charge in [-0.2, -0.15) is 13.2 Å². The third-order valence-electron chi connectivity index (χ3n) is 2.64. The van der Waals surface area contributed by atoms with Crippen LogP contribution in [-0.4, -0.2) is 35.6 Å². The SMILES string of the molecule is CCn1ccnc1Cn1nnc(C(=O)O)c1C(F)(F)F. The van der Waals surface area contributed by atoms with E-state index in [2.05, 4.69) is 15.3 Å². The second kappa shape index (κ2) is 4.94. The average Bonchev–Trinajstić information content (AvgIpc) is 2.94. The van der Waals surface area contributed by atoms with Gasteiger partial charge in [-0.3, -0.25) is 0 Å². The first-order valence-electron chi connectivity index (χ1n) is 5.58. The van der Waals surface area contributed by atoms with Crippen LogP contribution in [0.4, 0.5) is 13.2 Å². The van der Waals surface area contributed by atoms with E-state index in [1.807, 2.05) is 0 Å². The van der Waals surface area contributed by atoms with E-state index in [0.29, 0.717) is 17.1 Å². The molecular formula is C10H10F3N5O2. The first kappa shape index (κ1) is 14.0. The summed E-state index contributed by atoms with van der Waals surface area (Å²) in [4.78, 5) is 14.7. The Morgan fingerprint density at radius 3 is 2.70 bits per heavy atom. The number of nitrogens with zero attached hydrogens (tertiary/aromatic N) is 5. The van der Waals surface area contributed by atoms with Gasteiger partial charge in [-0.25, -0.2) is 14.5 Å². The summed E-state index contributed by atoms with van der Waals surface area (Å²) in [5, 5.41) is 15.1. The molecule has 10 heteroatoms. The molecule has 0 bridgehead atoms. The molecule has 0 saturated heterocycles. The standard InChI is InChI=1S/C10H10F3N5O2/c1-2-17-4-3-14-6(17)5-18-8(10(11,12)13)7(9(19)20)15-16-18/h3-4H,2,5H2,1H3,(H,19,20). The maximum Gasteiger partial charge on any atom is 0.435 e. The van der Waals surface area contributed by atoms with Crippen LogP contribution < -0.4 is 0 Å². The predicted octanol–water partition coefficient (Wildman–Crippen LogP) is 1.26. The number of carboxylic acid groups (broad SMARTS) is 1. The number of aryl methyl sites for hydroxylation is 1. The second-order valence-corrected chi connectivity index (χ2v) is 3.88. The van der Waals surface area contributed by atoms with Gasteiger partial charge in [0.05, 0.1) is 0 Å². The molecule has 0 aliphatic rings. The van der Waals surface area contributed by atoms with E-state index >= 15 is 0 Å². The third kappa shape index (κ3) is 2.49. The topological polar surface area (TPSA) is 85.8 Å². The molecule has 0 aliphatic heterocycles. The van der Waals surface area contributed by atoms with Gasteiger partial charge in [0.1, 0.15) is 12.4 Å². The van der Waals surface area contributed by atoms with Gasteiger partial charge in [-0.15, -0.1) is 5.10 Å². The number of rotatable bonds is 4. The molecule has 0 unspecified atom stereocenters. The van der Waals surface area contributed by atoms with Crippen LogP contribution in [0.1, 0.15) is 28.9 Å². The molecule has 0 saturated carbocycles. The molecule has 0 aromatic carbocycles. The highest BCUT2D eigenvalue weighted by Crippen LogP contribution is 2.31. The van der Waals surface area contributed by atoms with Crippen LogP contribution in [0.25, 0.3) is 0 Å². The van der Waals surface area contributed by atoms with Crippen LogP contribution in [0.3, 0.4) is 0 Å². The molecule has 108 valence electrons. The van der Waals surface area contributed by atoms with Gasteiger partial charge in [-0.05, 0) is 6.92 Å². The maximum absolute atomic E-state index is 12.9. The number of alkyl halides is 3. The second-order valence-electron chi connectivity index (χ2n) is 3.88. The Morgan fingerprint density at radius 1 is 1.45 bits per heavy atom. The van der Waals surface area contributed by atoms with Gasteiger partial charge in [0, 0.05) is 18.9 Å². The van der Waals surface area contributed by atoms with E-state index in [-0.39, 0.29) is 6.54 Å². The van der Waals surface area contributed by atoms with Crippen LogP contribution in [0.5, 0.6) is 0 Å². The van der Waals surface area contributed by atoms with Crippen molar-refractivity contribution in [3.8, 4) is 0 Å². The molecule has 0 spiro atoms. The number of hydrogen-bond donors (Lipinski definition) is 1. The Balaban J connectivity index is 2.45. The van der Waals surface area contributed by atoms with E-state index < -0.39 is 23.5 Å². The van der Waals surface area contributed by atoms with Gasteiger partial charge in [-0.1, -0.05) is 5.21 Å². The quantitative estimate of drug-likeness (QED) is 0.915. The van der Waals surface area contributed by atoms with Gasteiger partial charge >= 0.3 is 12.1 Å². The zero-order chi connectivity index (χ0) is 14.9. The Hall–Kier alpha value is -2.39. The van der Waals surface area contributed by atoms with Crippen LogP contribution in [0.15, 0.2) is 12.4 Å². The molecule has 0 amide bonds. The molecule has 2 rings (SSSR count). The minimum Gasteiger partial charge on any atom is -0.476 e. The fourth-order valence-electron chi connectivity index (χ4n) is 1.76. The summed E-state index contributed by atoms with van der Waals surface area (Å²) in [5.41, 5.74) is -2.51. The molecule has 1 N–H and O–H groups in total. The zero-order valence-electron chi connectivity index (χ0n) is 10.3. The molecule has 2 aromatic rings. The lowest BCUT2D eigenvalue weighted by atomic mass is 10.3. The Labute approximate surface area is 110 Å². The normalized spacial score (nSPS) is 11.8. The van der Waals surface area contributed by atoms with Gasteiger partial charge in [0.25, 0.3) is 0 Å². The lowest BCUT2D eigenvalue weighted by Gasteiger charge is -2.10. The summed E-state index contributed by atoms with van der Waals surface area (Å²) >= 11 is 0. The number of aromatic nitrogens is 5. The predicted molar refractivity (Wildman–Crippen MR) is 59.0 cm³/mol. The molecule has 0 aliphatic carbocycles. The molecule has 0 radical (unpaired) electrons.